The van der Waals surface area contributed by atoms with Crippen molar-refractivity contribution in [2.45, 2.75) is 30.1 Å². The number of hydrogen-bond acceptors (Lipinski definition) is 5. The van der Waals surface area contributed by atoms with E-state index in [1.54, 1.807) is 24.3 Å². The van der Waals surface area contributed by atoms with Gasteiger partial charge in [0.15, 0.2) is 5.11 Å². The maximum absolute atomic E-state index is 12.9. The second kappa shape index (κ2) is 7.13. The molecule has 2 aromatic carbocycles. The number of carbonyl (C=O) groups excluding carboxylic acids is 1. The molecule has 1 atom stereocenters. The highest BCUT2D eigenvalue weighted by Crippen LogP contribution is 2.34. The van der Waals surface area contributed by atoms with Crippen LogP contribution in [-0.2, 0) is 26.9 Å². The molecule has 1 unspecified atom stereocenters. The van der Waals surface area contributed by atoms with Crippen LogP contribution in [0.15, 0.2) is 53.0 Å². The zero-order chi connectivity index (χ0) is 19.9. The van der Waals surface area contributed by atoms with E-state index in [9.17, 15) is 13.2 Å². The highest BCUT2D eigenvalue weighted by atomic mass is 79.9. The van der Waals surface area contributed by atoms with Crippen LogP contribution in [0, 0.1) is 0 Å². The van der Waals surface area contributed by atoms with Crippen LogP contribution in [0.5, 0.6) is 5.75 Å². The quantitative estimate of drug-likeness (QED) is 0.488. The Bertz CT molecular complexity index is 1070. The van der Waals surface area contributed by atoms with E-state index in [1.165, 1.54) is 0 Å². The summed E-state index contributed by atoms with van der Waals surface area (Å²) < 4.78 is 30.5. The largest absolute Gasteiger partial charge is 0.382 e. The molecule has 0 spiro atoms. The van der Waals surface area contributed by atoms with Gasteiger partial charge < -0.3 is 14.8 Å². The number of carbonyl (C=O) groups is 1. The van der Waals surface area contributed by atoms with Crippen LogP contribution in [0.25, 0.3) is 0 Å². The smallest absolute Gasteiger partial charge is 0.312 e. The van der Waals surface area contributed by atoms with Gasteiger partial charge in [-0.3, -0.25) is 4.79 Å². The van der Waals surface area contributed by atoms with Crippen molar-refractivity contribution in [3.05, 3.63) is 64.1 Å². The van der Waals surface area contributed by atoms with Crippen LogP contribution in [0.2, 0.25) is 0 Å². The van der Waals surface area contributed by atoms with E-state index >= 15 is 0 Å². The third-order valence-corrected chi connectivity index (χ3v) is 7.18. The van der Waals surface area contributed by atoms with Gasteiger partial charge >= 0.3 is 10.1 Å². The van der Waals surface area contributed by atoms with Crippen molar-refractivity contribution in [1.82, 2.24) is 10.6 Å². The zero-order valence-corrected chi connectivity index (χ0v) is 17.9. The molecule has 1 aliphatic carbocycles. The summed E-state index contributed by atoms with van der Waals surface area (Å²) in [7, 11) is -3.64. The lowest BCUT2D eigenvalue weighted by Crippen LogP contribution is -2.45. The Labute approximate surface area is 176 Å². The molecule has 2 fully saturated rings. The summed E-state index contributed by atoms with van der Waals surface area (Å²) in [6, 6.07) is 14.2. The van der Waals surface area contributed by atoms with Crippen molar-refractivity contribution in [1.29, 1.82) is 0 Å². The van der Waals surface area contributed by atoms with E-state index in [4.69, 9.17) is 16.4 Å². The Kier molecular flexibility index (Phi) is 4.93. The van der Waals surface area contributed by atoms with E-state index in [0.717, 1.165) is 10.0 Å². The standard InChI is InChI=1S/C19H17BrN2O4S2/c20-14-5-1-3-12(9-14)11-19(17(23)21-18(27)22-19)13-4-2-6-15(10-13)26-28(24,25)16-7-8-16/h1-6,9-10,16H,7-8,11H2,(H2,21,22,23,27). The number of thiocarbonyl (C=S) groups is 1. The maximum atomic E-state index is 12.9. The first-order valence-corrected chi connectivity index (χ1v) is 11.4. The van der Waals surface area contributed by atoms with Gasteiger partial charge in [-0.05, 0) is 60.5 Å². The Morgan fingerprint density at radius 2 is 1.93 bits per heavy atom. The lowest BCUT2D eigenvalue weighted by atomic mass is 9.84. The molecule has 1 amide bonds. The van der Waals surface area contributed by atoms with Crippen molar-refractivity contribution in [3.63, 3.8) is 0 Å². The average Bonchev–Trinajstić information content (AvgIpc) is 3.43. The molecule has 0 radical (unpaired) electrons. The second-order valence-corrected chi connectivity index (χ2v) is 10.1. The van der Waals surface area contributed by atoms with Gasteiger partial charge in [0.05, 0.1) is 5.25 Å². The van der Waals surface area contributed by atoms with Crippen molar-refractivity contribution in [3.8, 4) is 5.75 Å². The lowest BCUT2D eigenvalue weighted by Gasteiger charge is -2.27. The van der Waals surface area contributed by atoms with Crippen LogP contribution >= 0.6 is 28.1 Å². The fourth-order valence-electron chi connectivity index (χ4n) is 3.25. The zero-order valence-electron chi connectivity index (χ0n) is 14.6. The molecule has 9 heteroatoms. The monoisotopic (exact) mass is 480 g/mol. The Balaban J connectivity index is 1.72. The Morgan fingerprint density at radius 1 is 1.18 bits per heavy atom. The van der Waals surface area contributed by atoms with Crippen molar-refractivity contribution >= 4 is 49.3 Å². The topological polar surface area (TPSA) is 84.5 Å². The predicted molar refractivity (Wildman–Crippen MR) is 112 cm³/mol. The number of benzene rings is 2. The number of hydrogen-bond donors (Lipinski definition) is 2. The van der Waals surface area contributed by atoms with E-state index in [-0.39, 0.29) is 16.8 Å². The minimum absolute atomic E-state index is 0.186. The van der Waals surface area contributed by atoms with Gasteiger partial charge in [-0.1, -0.05) is 40.2 Å². The van der Waals surface area contributed by atoms with Gasteiger partial charge in [-0.2, -0.15) is 8.42 Å². The van der Waals surface area contributed by atoms with Gasteiger partial charge in [0.1, 0.15) is 11.3 Å². The van der Waals surface area contributed by atoms with Crippen LogP contribution in [0.4, 0.5) is 0 Å². The van der Waals surface area contributed by atoms with E-state index in [0.29, 0.717) is 24.8 Å². The number of rotatable bonds is 6. The highest BCUT2D eigenvalue weighted by Gasteiger charge is 2.46. The van der Waals surface area contributed by atoms with E-state index in [1.807, 2.05) is 24.3 Å². The fraction of sp³-hybridized carbons (Fsp3) is 0.263. The van der Waals surface area contributed by atoms with Crippen molar-refractivity contribution in [2.24, 2.45) is 0 Å². The molecule has 146 valence electrons. The SMILES string of the molecule is O=C1NC(=S)NC1(Cc1cccc(Br)c1)c1cccc(OS(=O)(=O)C2CC2)c1. The average molecular weight is 481 g/mol. The lowest BCUT2D eigenvalue weighted by molar-refractivity contribution is -0.124. The molecule has 0 bridgehead atoms. The third kappa shape index (κ3) is 3.78. The van der Waals surface area contributed by atoms with Crippen molar-refractivity contribution in [2.75, 3.05) is 0 Å². The third-order valence-electron chi connectivity index (χ3n) is 4.77. The first kappa shape index (κ1) is 19.4. The fourth-order valence-corrected chi connectivity index (χ4v) is 5.18. The van der Waals surface area contributed by atoms with Gasteiger partial charge in [0.2, 0.25) is 0 Å². The Morgan fingerprint density at radius 3 is 2.57 bits per heavy atom. The van der Waals surface area contributed by atoms with E-state index < -0.39 is 20.9 Å². The molecule has 6 nitrogen and oxygen atoms in total. The van der Waals surface area contributed by atoms with Gasteiger partial charge in [-0.25, -0.2) is 0 Å². The molecule has 2 aliphatic rings. The van der Waals surface area contributed by atoms with Gasteiger partial charge in [-0.15, -0.1) is 0 Å². The molecule has 0 aromatic heterocycles. The van der Waals surface area contributed by atoms with Crippen LogP contribution < -0.4 is 14.8 Å². The first-order valence-electron chi connectivity index (χ1n) is 8.70. The van der Waals surface area contributed by atoms with Crippen LogP contribution in [0.3, 0.4) is 0 Å². The molecule has 2 N–H and O–H groups in total. The molecular formula is C19H17BrN2O4S2. The second-order valence-electron chi connectivity index (χ2n) is 6.92. The number of halogens is 1. The van der Waals surface area contributed by atoms with Crippen molar-refractivity contribution < 1.29 is 17.4 Å². The summed E-state index contributed by atoms with van der Waals surface area (Å²) in [5.41, 5.74) is 0.340. The summed E-state index contributed by atoms with van der Waals surface area (Å²) in [5.74, 6) is -0.106. The molecular weight excluding hydrogens is 464 g/mol. The molecule has 28 heavy (non-hydrogen) atoms. The maximum Gasteiger partial charge on any atom is 0.312 e. The first-order chi connectivity index (χ1) is 13.3. The highest BCUT2D eigenvalue weighted by molar-refractivity contribution is 9.10. The van der Waals surface area contributed by atoms with Crippen LogP contribution in [0.1, 0.15) is 24.0 Å². The summed E-state index contributed by atoms with van der Waals surface area (Å²) in [5, 5.41) is 5.52. The van der Waals surface area contributed by atoms with Gasteiger partial charge in [0, 0.05) is 10.9 Å². The molecule has 1 saturated heterocycles. The minimum atomic E-state index is -3.64. The molecule has 2 aromatic rings. The number of nitrogens with one attached hydrogen (secondary N) is 2. The molecule has 1 aliphatic heterocycles. The molecule has 4 rings (SSSR count). The van der Waals surface area contributed by atoms with E-state index in [2.05, 4.69) is 26.6 Å². The minimum Gasteiger partial charge on any atom is -0.382 e. The summed E-state index contributed by atoms with van der Waals surface area (Å²) in [4.78, 5) is 12.9. The summed E-state index contributed by atoms with van der Waals surface area (Å²) in [6.45, 7) is 0. The predicted octanol–water partition coefficient (Wildman–Crippen LogP) is 2.76. The molecule has 1 saturated carbocycles. The van der Waals surface area contributed by atoms with Gasteiger partial charge in [0.25, 0.3) is 5.91 Å². The molecule has 1 heterocycles. The summed E-state index contributed by atoms with van der Waals surface area (Å²) >= 11 is 8.61. The summed E-state index contributed by atoms with van der Waals surface area (Å²) in [6.07, 6.45) is 1.57. The Hall–Kier alpha value is -1.97. The van der Waals surface area contributed by atoms with Crippen LogP contribution in [-0.4, -0.2) is 24.7 Å². The normalized spacial score (nSPS) is 21.9. The number of amides is 1.